The van der Waals surface area contributed by atoms with Crippen LogP contribution in [0.2, 0.25) is 0 Å². The van der Waals surface area contributed by atoms with E-state index in [0.717, 1.165) is 60.5 Å². The molecule has 4 aromatic rings. The van der Waals surface area contributed by atoms with Gasteiger partial charge in [0.15, 0.2) is 11.4 Å². The molecule has 6 rings (SSSR count). The summed E-state index contributed by atoms with van der Waals surface area (Å²) in [5.74, 6) is 2.74. The topological polar surface area (TPSA) is 98.0 Å². The molecular formula is C25H29N7O2. The highest BCUT2D eigenvalue weighted by Gasteiger charge is 2.28. The van der Waals surface area contributed by atoms with Gasteiger partial charge in [-0.2, -0.15) is 0 Å². The van der Waals surface area contributed by atoms with Crippen molar-refractivity contribution in [2.24, 2.45) is 11.7 Å². The maximum absolute atomic E-state index is 6.25. The Morgan fingerprint density at radius 2 is 2.09 bits per heavy atom. The smallest absolute Gasteiger partial charge is 0.232 e. The van der Waals surface area contributed by atoms with Gasteiger partial charge in [0.2, 0.25) is 5.88 Å². The molecular weight excluding hydrogens is 430 g/mol. The first kappa shape index (κ1) is 21.0. The average Bonchev–Trinajstić information content (AvgIpc) is 3.53. The van der Waals surface area contributed by atoms with Crippen molar-refractivity contribution in [3.63, 3.8) is 0 Å². The highest BCUT2D eigenvalue weighted by molar-refractivity contribution is 5.92. The number of anilines is 1. The molecule has 9 heteroatoms. The van der Waals surface area contributed by atoms with E-state index >= 15 is 0 Å². The van der Waals surface area contributed by atoms with Crippen molar-refractivity contribution >= 4 is 22.4 Å². The minimum atomic E-state index is 0.128. The van der Waals surface area contributed by atoms with Gasteiger partial charge in [-0.15, -0.1) is 5.10 Å². The van der Waals surface area contributed by atoms with E-state index in [1.165, 1.54) is 0 Å². The Morgan fingerprint density at radius 1 is 1.21 bits per heavy atom. The number of pyridine rings is 1. The Balaban J connectivity index is 1.30. The molecule has 0 radical (unpaired) electrons. The van der Waals surface area contributed by atoms with Crippen molar-refractivity contribution in [3.05, 3.63) is 48.9 Å². The van der Waals surface area contributed by atoms with Crippen LogP contribution in [0.15, 0.2) is 53.4 Å². The lowest BCUT2D eigenvalue weighted by atomic mass is 9.90. The summed E-state index contributed by atoms with van der Waals surface area (Å²) in [4.78, 5) is 13.6. The van der Waals surface area contributed by atoms with E-state index in [9.17, 15) is 0 Å². The van der Waals surface area contributed by atoms with E-state index in [0.29, 0.717) is 17.6 Å². The van der Waals surface area contributed by atoms with E-state index in [1.807, 2.05) is 44.6 Å². The highest BCUT2D eigenvalue weighted by Crippen LogP contribution is 2.35. The summed E-state index contributed by atoms with van der Waals surface area (Å²) in [6, 6.07) is 7.94. The maximum atomic E-state index is 6.25. The Hall–Kier alpha value is -3.59. The number of rotatable bonds is 6. The summed E-state index contributed by atoms with van der Waals surface area (Å²) in [5, 5.41) is 5.67. The van der Waals surface area contributed by atoms with Crippen LogP contribution in [-0.2, 0) is 0 Å². The van der Waals surface area contributed by atoms with Crippen LogP contribution in [0, 0.1) is 5.92 Å². The van der Waals surface area contributed by atoms with Crippen LogP contribution in [0.5, 0.6) is 5.88 Å². The number of hydrogen-bond acceptors (Lipinski definition) is 8. The molecule has 1 saturated carbocycles. The summed E-state index contributed by atoms with van der Waals surface area (Å²) in [5.41, 5.74) is 8.20. The summed E-state index contributed by atoms with van der Waals surface area (Å²) >= 11 is 0. The number of nitrogens with two attached hydrogens (primary N) is 1. The normalized spacial score (nSPS) is 22.7. The van der Waals surface area contributed by atoms with Crippen molar-refractivity contribution in [2.75, 3.05) is 32.1 Å². The zero-order chi connectivity index (χ0) is 23.2. The van der Waals surface area contributed by atoms with Gasteiger partial charge in [-0.1, -0.05) is 6.08 Å². The number of nitrogens with zero attached hydrogens (tertiary/aromatic N) is 6. The van der Waals surface area contributed by atoms with Crippen LogP contribution in [0.4, 0.5) is 5.82 Å². The molecule has 34 heavy (non-hydrogen) atoms. The van der Waals surface area contributed by atoms with Crippen molar-refractivity contribution in [2.45, 2.75) is 31.4 Å². The highest BCUT2D eigenvalue weighted by atomic mass is 16.5. The number of ether oxygens (including phenoxy) is 1. The van der Waals surface area contributed by atoms with Crippen molar-refractivity contribution < 1.29 is 9.15 Å². The SMILES string of the molecule is CN(C)C=CC1CCN(c2nccc3oc(-c4cnc5ccc(OC6CC(N)C6)nn45)cc23)C1. The van der Waals surface area contributed by atoms with Gasteiger partial charge in [0.1, 0.15) is 23.2 Å². The van der Waals surface area contributed by atoms with Gasteiger partial charge < -0.3 is 24.7 Å². The molecule has 4 aromatic heterocycles. The van der Waals surface area contributed by atoms with E-state index in [2.05, 4.69) is 32.2 Å². The molecule has 2 fully saturated rings. The Labute approximate surface area is 197 Å². The number of furan rings is 1. The van der Waals surface area contributed by atoms with Gasteiger partial charge >= 0.3 is 0 Å². The third-order valence-electron chi connectivity index (χ3n) is 6.61. The first-order chi connectivity index (χ1) is 16.5. The molecule has 1 aliphatic heterocycles. The predicted octanol–water partition coefficient (Wildman–Crippen LogP) is 3.31. The molecule has 2 aliphatic rings. The molecule has 0 bridgehead atoms. The average molecular weight is 460 g/mol. The predicted molar refractivity (Wildman–Crippen MR) is 131 cm³/mol. The third kappa shape index (κ3) is 3.86. The fourth-order valence-corrected chi connectivity index (χ4v) is 4.72. The van der Waals surface area contributed by atoms with E-state index in [1.54, 1.807) is 10.7 Å². The Bertz CT molecular complexity index is 1350. The van der Waals surface area contributed by atoms with Gasteiger partial charge in [0.05, 0.1) is 11.6 Å². The number of imidazole rings is 1. The van der Waals surface area contributed by atoms with Crippen molar-refractivity contribution in [1.29, 1.82) is 0 Å². The van der Waals surface area contributed by atoms with E-state index < -0.39 is 0 Å². The van der Waals surface area contributed by atoms with Gasteiger partial charge in [0, 0.05) is 45.5 Å². The van der Waals surface area contributed by atoms with Gasteiger partial charge in [-0.3, -0.25) is 0 Å². The molecule has 0 amide bonds. The molecule has 2 N–H and O–H groups in total. The van der Waals surface area contributed by atoms with Crippen molar-refractivity contribution in [3.8, 4) is 17.3 Å². The van der Waals surface area contributed by atoms with Crippen LogP contribution < -0.4 is 15.4 Å². The second-order valence-corrected chi connectivity index (χ2v) is 9.51. The van der Waals surface area contributed by atoms with Crippen LogP contribution in [-0.4, -0.2) is 63.8 Å². The molecule has 1 unspecified atom stereocenters. The van der Waals surface area contributed by atoms with Gasteiger partial charge in [0.25, 0.3) is 0 Å². The Kier molecular flexibility index (Phi) is 5.13. The van der Waals surface area contributed by atoms with Crippen LogP contribution in [0.3, 0.4) is 0 Å². The lowest BCUT2D eigenvalue weighted by Crippen LogP contribution is -2.43. The summed E-state index contributed by atoms with van der Waals surface area (Å²) < 4.78 is 14.0. The zero-order valence-corrected chi connectivity index (χ0v) is 19.5. The minimum Gasteiger partial charge on any atom is -0.473 e. The molecule has 5 heterocycles. The first-order valence-electron chi connectivity index (χ1n) is 11.8. The van der Waals surface area contributed by atoms with E-state index in [-0.39, 0.29) is 12.1 Å². The van der Waals surface area contributed by atoms with Crippen LogP contribution >= 0.6 is 0 Å². The minimum absolute atomic E-state index is 0.128. The monoisotopic (exact) mass is 459 g/mol. The largest absolute Gasteiger partial charge is 0.473 e. The summed E-state index contributed by atoms with van der Waals surface area (Å²) in [6.45, 7) is 1.91. The number of aromatic nitrogens is 4. The van der Waals surface area contributed by atoms with Crippen LogP contribution in [0.1, 0.15) is 19.3 Å². The zero-order valence-electron chi connectivity index (χ0n) is 19.5. The first-order valence-corrected chi connectivity index (χ1v) is 11.8. The second kappa shape index (κ2) is 8.32. The van der Waals surface area contributed by atoms with Crippen molar-refractivity contribution in [1.82, 2.24) is 24.5 Å². The number of fused-ring (bicyclic) bond motifs is 2. The van der Waals surface area contributed by atoms with Crippen LogP contribution in [0.25, 0.3) is 28.1 Å². The number of hydrogen-bond donors (Lipinski definition) is 1. The standard InChI is InChI=1S/C25H29N7O2/c1-30(2)9-6-16-7-10-31(15-16)25-19-13-22(34-21(19)5-8-27-25)20-14-28-23-3-4-24(29-32(20)23)33-18-11-17(26)12-18/h3-6,8-9,13-14,16-18H,7,10-12,15,26H2,1-2H3. The Morgan fingerprint density at radius 3 is 2.91 bits per heavy atom. The fraction of sp³-hybridized carbons (Fsp3) is 0.400. The molecule has 1 saturated heterocycles. The molecule has 1 aliphatic carbocycles. The lowest BCUT2D eigenvalue weighted by molar-refractivity contribution is 0.0944. The van der Waals surface area contributed by atoms with Gasteiger partial charge in [-0.05, 0) is 49.6 Å². The fourth-order valence-electron chi connectivity index (χ4n) is 4.72. The third-order valence-corrected chi connectivity index (χ3v) is 6.61. The molecule has 9 nitrogen and oxygen atoms in total. The molecule has 1 atom stereocenters. The quantitative estimate of drug-likeness (QED) is 0.469. The van der Waals surface area contributed by atoms with E-state index in [4.69, 9.17) is 19.9 Å². The second-order valence-electron chi connectivity index (χ2n) is 9.51. The maximum Gasteiger partial charge on any atom is 0.232 e. The molecule has 176 valence electrons. The molecule has 0 spiro atoms. The van der Waals surface area contributed by atoms with Gasteiger partial charge in [-0.25, -0.2) is 14.5 Å². The lowest BCUT2D eigenvalue weighted by Gasteiger charge is -2.31. The summed E-state index contributed by atoms with van der Waals surface area (Å²) in [7, 11) is 4.09. The molecule has 0 aromatic carbocycles. The summed E-state index contributed by atoms with van der Waals surface area (Å²) in [6.07, 6.45) is 11.0.